The van der Waals surface area contributed by atoms with Crippen molar-refractivity contribution >= 4 is 21.8 Å². The van der Waals surface area contributed by atoms with Gasteiger partial charge in [0, 0.05) is 10.9 Å². The van der Waals surface area contributed by atoms with Gasteiger partial charge < -0.3 is 5.32 Å². The van der Waals surface area contributed by atoms with Gasteiger partial charge in [0.2, 0.25) is 5.91 Å². The number of carbonyl (C=O) groups excluding carboxylic acids is 1. The fraction of sp³-hybridized carbons (Fsp3) is 0.462. The molecule has 0 fully saturated rings. The molecule has 1 N–H and O–H groups in total. The van der Waals surface area contributed by atoms with E-state index in [1.165, 1.54) is 11.1 Å². The van der Waals surface area contributed by atoms with E-state index in [9.17, 15) is 4.79 Å². The van der Waals surface area contributed by atoms with E-state index in [0.29, 0.717) is 0 Å². The van der Waals surface area contributed by atoms with Crippen LogP contribution in [0.3, 0.4) is 0 Å². The van der Waals surface area contributed by atoms with Crippen molar-refractivity contribution in [2.24, 2.45) is 0 Å². The Bertz CT molecular complexity index is 414. The van der Waals surface area contributed by atoms with Crippen LogP contribution in [-0.2, 0) is 11.2 Å². The first-order valence-corrected chi connectivity index (χ1v) is 6.61. The third kappa shape index (κ3) is 2.14. The normalized spacial score (nSPS) is 18.6. The predicted molar refractivity (Wildman–Crippen MR) is 68.9 cm³/mol. The average molecular weight is 282 g/mol. The highest BCUT2D eigenvalue weighted by Gasteiger charge is 2.33. The molecule has 0 aromatic heterocycles. The highest BCUT2D eigenvalue weighted by atomic mass is 79.9. The van der Waals surface area contributed by atoms with Crippen molar-refractivity contribution in [3.8, 4) is 0 Å². The summed E-state index contributed by atoms with van der Waals surface area (Å²) < 4.78 is 0. The fourth-order valence-electron chi connectivity index (χ4n) is 1.95. The highest BCUT2D eigenvalue weighted by molar-refractivity contribution is 9.09. The lowest BCUT2D eigenvalue weighted by Crippen LogP contribution is -2.48. The van der Waals surface area contributed by atoms with Crippen molar-refractivity contribution in [1.82, 2.24) is 5.32 Å². The predicted octanol–water partition coefficient (Wildman–Crippen LogP) is 2.62. The van der Waals surface area contributed by atoms with Gasteiger partial charge in [-0.2, -0.15) is 0 Å². The monoisotopic (exact) mass is 281 g/mol. The smallest absolute Gasteiger partial charge is 0.228 e. The highest BCUT2D eigenvalue weighted by Crippen LogP contribution is 2.35. The lowest BCUT2D eigenvalue weighted by atomic mass is 9.77. The molecule has 1 aromatic rings. The number of nitrogens with one attached hydrogen (secondary N) is 1. The summed E-state index contributed by atoms with van der Waals surface area (Å²) in [5, 5.41) is 3.83. The van der Waals surface area contributed by atoms with E-state index < -0.39 is 0 Å². The Labute approximate surface area is 105 Å². The van der Waals surface area contributed by atoms with E-state index in [4.69, 9.17) is 0 Å². The van der Waals surface area contributed by atoms with Crippen LogP contribution in [0.25, 0.3) is 0 Å². The van der Waals surface area contributed by atoms with Crippen LogP contribution in [0, 0.1) is 0 Å². The van der Waals surface area contributed by atoms with Crippen LogP contribution in [0.2, 0.25) is 0 Å². The summed E-state index contributed by atoms with van der Waals surface area (Å²) in [6.07, 6.45) is 0.875. The van der Waals surface area contributed by atoms with Gasteiger partial charge in [-0.25, -0.2) is 0 Å². The van der Waals surface area contributed by atoms with Crippen LogP contribution in [0.4, 0.5) is 0 Å². The van der Waals surface area contributed by atoms with Crippen LogP contribution in [0.5, 0.6) is 0 Å². The molecule has 1 atom stereocenters. The Morgan fingerprint density at radius 2 is 2.19 bits per heavy atom. The zero-order valence-corrected chi connectivity index (χ0v) is 11.2. The third-order valence-corrected chi connectivity index (χ3v) is 4.37. The van der Waals surface area contributed by atoms with E-state index in [2.05, 4.69) is 27.3 Å². The summed E-state index contributed by atoms with van der Waals surface area (Å²) >= 11 is 3.41. The van der Waals surface area contributed by atoms with Crippen molar-refractivity contribution in [3.05, 3.63) is 35.4 Å². The maximum atomic E-state index is 12.0. The van der Waals surface area contributed by atoms with Crippen LogP contribution in [0.15, 0.2) is 24.3 Å². The Hall–Kier alpha value is -0.830. The molecule has 1 amide bonds. The average Bonchev–Trinajstić information content (AvgIpc) is 2.19. The first-order chi connectivity index (χ1) is 7.53. The molecule has 1 unspecified atom stereocenters. The Balaban J connectivity index is 2.05. The maximum absolute atomic E-state index is 12.0. The molecular formula is C13H16BrNO. The molecule has 3 heteroatoms. The number of carbonyl (C=O) groups is 1. The maximum Gasteiger partial charge on any atom is 0.228 e. The molecule has 0 bridgehead atoms. The minimum absolute atomic E-state index is 0.0505. The lowest BCUT2D eigenvalue weighted by Gasteiger charge is -2.32. The fourth-order valence-corrected chi connectivity index (χ4v) is 2.09. The molecule has 0 aliphatic heterocycles. The van der Waals surface area contributed by atoms with Crippen LogP contribution < -0.4 is 5.32 Å². The van der Waals surface area contributed by atoms with Crippen molar-refractivity contribution in [1.29, 1.82) is 0 Å². The molecule has 0 spiro atoms. The number of fused-ring (bicyclic) bond motifs is 1. The molecule has 1 aromatic carbocycles. The van der Waals surface area contributed by atoms with Crippen LogP contribution in [-0.4, -0.2) is 16.8 Å². The number of hydrogen-bond acceptors (Lipinski definition) is 1. The number of amides is 1. The molecule has 2 rings (SSSR count). The van der Waals surface area contributed by atoms with Gasteiger partial charge in [0.1, 0.15) is 0 Å². The van der Waals surface area contributed by atoms with E-state index in [1.807, 2.05) is 32.0 Å². The van der Waals surface area contributed by atoms with Crippen LogP contribution >= 0.6 is 15.9 Å². The molecule has 1 aliphatic carbocycles. The minimum Gasteiger partial charge on any atom is -0.350 e. The van der Waals surface area contributed by atoms with E-state index in [1.54, 1.807) is 0 Å². The van der Waals surface area contributed by atoms with Gasteiger partial charge in [-0.15, -0.1) is 0 Å². The first-order valence-electron chi connectivity index (χ1n) is 5.49. The van der Waals surface area contributed by atoms with E-state index >= 15 is 0 Å². The van der Waals surface area contributed by atoms with Crippen LogP contribution in [0.1, 0.15) is 30.9 Å². The summed E-state index contributed by atoms with van der Waals surface area (Å²) in [5.41, 5.74) is 2.31. The molecule has 16 heavy (non-hydrogen) atoms. The molecule has 0 saturated carbocycles. The standard InChI is InChI=1S/C13H16BrNO/c1-13(2,8-14)15-12(16)11-7-9-5-3-4-6-10(9)11/h3-6,11H,7-8H2,1-2H3,(H,15,16). The molecule has 2 nitrogen and oxygen atoms in total. The van der Waals surface area contributed by atoms with Gasteiger partial charge >= 0.3 is 0 Å². The zero-order chi connectivity index (χ0) is 11.8. The molecule has 86 valence electrons. The van der Waals surface area contributed by atoms with Crippen molar-refractivity contribution in [2.75, 3.05) is 5.33 Å². The van der Waals surface area contributed by atoms with Gasteiger partial charge in [0.25, 0.3) is 0 Å². The van der Waals surface area contributed by atoms with Crippen molar-refractivity contribution in [2.45, 2.75) is 31.7 Å². The molecule has 0 heterocycles. The number of alkyl halides is 1. The minimum atomic E-state index is -0.179. The molecule has 0 saturated heterocycles. The number of rotatable bonds is 3. The van der Waals surface area contributed by atoms with E-state index in [0.717, 1.165) is 11.8 Å². The summed E-state index contributed by atoms with van der Waals surface area (Å²) in [7, 11) is 0. The number of benzene rings is 1. The Kier molecular flexibility index (Phi) is 3.06. The third-order valence-electron chi connectivity index (χ3n) is 2.97. The second kappa shape index (κ2) is 4.21. The number of halogens is 1. The van der Waals surface area contributed by atoms with Gasteiger partial charge in [0.15, 0.2) is 0 Å². The second-order valence-corrected chi connectivity index (χ2v) is 5.52. The first kappa shape index (κ1) is 11.6. The van der Waals surface area contributed by atoms with Gasteiger partial charge in [0.05, 0.1) is 5.92 Å². The zero-order valence-electron chi connectivity index (χ0n) is 9.59. The molecular weight excluding hydrogens is 266 g/mol. The summed E-state index contributed by atoms with van der Waals surface area (Å²) in [5.74, 6) is 0.192. The Morgan fingerprint density at radius 1 is 1.50 bits per heavy atom. The topological polar surface area (TPSA) is 29.1 Å². The van der Waals surface area contributed by atoms with E-state index in [-0.39, 0.29) is 17.4 Å². The lowest BCUT2D eigenvalue weighted by molar-refractivity contribution is -0.124. The summed E-state index contributed by atoms with van der Waals surface area (Å²) in [6, 6.07) is 8.15. The van der Waals surface area contributed by atoms with Gasteiger partial charge in [-0.05, 0) is 31.4 Å². The Morgan fingerprint density at radius 3 is 2.81 bits per heavy atom. The van der Waals surface area contributed by atoms with Gasteiger partial charge in [-0.3, -0.25) is 4.79 Å². The number of hydrogen-bond donors (Lipinski definition) is 1. The second-order valence-electron chi connectivity index (χ2n) is 4.96. The summed E-state index contributed by atoms with van der Waals surface area (Å²) in [6.45, 7) is 4.04. The van der Waals surface area contributed by atoms with Gasteiger partial charge in [-0.1, -0.05) is 40.2 Å². The quantitative estimate of drug-likeness (QED) is 0.848. The molecule has 0 radical (unpaired) electrons. The largest absolute Gasteiger partial charge is 0.350 e. The van der Waals surface area contributed by atoms with Crippen molar-refractivity contribution in [3.63, 3.8) is 0 Å². The summed E-state index contributed by atoms with van der Waals surface area (Å²) in [4.78, 5) is 12.0. The molecule has 1 aliphatic rings. The SMILES string of the molecule is CC(C)(CBr)NC(=O)C1Cc2ccccc21. The van der Waals surface area contributed by atoms with Crippen molar-refractivity contribution < 1.29 is 4.79 Å².